The summed E-state index contributed by atoms with van der Waals surface area (Å²) >= 11 is 0. The number of halogens is 1. The zero-order valence-electron chi connectivity index (χ0n) is 18.0. The summed E-state index contributed by atoms with van der Waals surface area (Å²) in [6.07, 6.45) is 3.41. The Morgan fingerprint density at radius 1 is 0.969 bits per heavy atom. The predicted octanol–water partition coefficient (Wildman–Crippen LogP) is 5.45. The molecule has 8 heteroatoms. The molecule has 3 aromatic heterocycles. The van der Waals surface area contributed by atoms with Crippen molar-refractivity contribution in [3.8, 4) is 17.1 Å². The predicted molar refractivity (Wildman–Crippen MR) is 123 cm³/mol. The number of nitrogens with zero attached hydrogens (tertiary/aromatic N) is 6. The smallest absolute Gasteiger partial charge is 0.147 e. The second-order valence-electron chi connectivity index (χ2n) is 7.84. The monoisotopic (exact) mass is 427 g/mol. The van der Waals surface area contributed by atoms with E-state index in [2.05, 4.69) is 38.8 Å². The van der Waals surface area contributed by atoms with Gasteiger partial charge in [0.15, 0.2) is 0 Å². The topological polar surface area (TPSA) is 73.5 Å². The number of hydrogen-bond donors (Lipinski definition) is 1. The summed E-state index contributed by atoms with van der Waals surface area (Å²) < 4.78 is 17.3. The highest BCUT2D eigenvalue weighted by Gasteiger charge is 2.17. The van der Waals surface area contributed by atoms with Crippen LogP contribution in [0.15, 0.2) is 67.1 Å². The number of aryl methyl sites for hydroxylation is 1. The maximum absolute atomic E-state index is 13.5. The fourth-order valence-corrected chi connectivity index (χ4v) is 3.75. The van der Waals surface area contributed by atoms with E-state index in [1.807, 2.05) is 37.3 Å². The number of nitrogens with one attached hydrogen (secondary N) is 1. The van der Waals surface area contributed by atoms with Gasteiger partial charge >= 0.3 is 0 Å². The van der Waals surface area contributed by atoms with Gasteiger partial charge in [-0.25, -0.2) is 24.0 Å². The summed E-state index contributed by atoms with van der Waals surface area (Å²) in [5.41, 5.74) is 4.38. The highest BCUT2D eigenvalue weighted by molar-refractivity contribution is 5.92. The molecule has 5 rings (SSSR count). The van der Waals surface area contributed by atoms with Crippen molar-refractivity contribution < 1.29 is 4.39 Å². The average Bonchev–Trinajstić information content (AvgIpc) is 3.39. The van der Waals surface area contributed by atoms with Gasteiger partial charge in [-0.1, -0.05) is 6.07 Å². The van der Waals surface area contributed by atoms with E-state index in [1.54, 1.807) is 29.3 Å². The van der Waals surface area contributed by atoms with Crippen LogP contribution in [0.25, 0.3) is 28.1 Å². The van der Waals surface area contributed by atoms with Crippen molar-refractivity contribution >= 4 is 22.5 Å². The molecule has 0 spiro atoms. The molecule has 0 atom stereocenters. The van der Waals surface area contributed by atoms with Crippen LogP contribution in [0.5, 0.6) is 0 Å². The molecule has 0 amide bonds. The van der Waals surface area contributed by atoms with Crippen LogP contribution in [0.2, 0.25) is 0 Å². The van der Waals surface area contributed by atoms with Gasteiger partial charge in [0.1, 0.15) is 35.1 Å². The number of benzene rings is 2. The van der Waals surface area contributed by atoms with E-state index >= 15 is 0 Å². The van der Waals surface area contributed by atoms with E-state index in [4.69, 9.17) is 4.98 Å². The minimum Gasteiger partial charge on any atom is -0.338 e. The van der Waals surface area contributed by atoms with Gasteiger partial charge in [-0.15, -0.1) is 0 Å². The Morgan fingerprint density at radius 3 is 2.44 bits per heavy atom. The van der Waals surface area contributed by atoms with Gasteiger partial charge in [0.05, 0.1) is 23.1 Å². The lowest BCUT2D eigenvalue weighted by molar-refractivity contribution is 0.621. The van der Waals surface area contributed by atoms with E-state index in [-0.39, 0.29) is 11.9 Å². The number of imidazole rings is 1. The van der Waals surface area contributed by atoms with Crippen molar-refractivity contribution in [2.75, 3.05) is 5.32 Å². The fraction of sp³-hybridized carbons (Fsp3) is 0.167. The minimum absolute atomic E-state index is 0.179. The second kappa shape index (κ2) is 7.88. The third-order valence-corrected chi connectivity index (χ3v) is 5.22. The van der Waals surface area contributed by atoms with Crippen LogP contribution in [-0.2, 0) is 0 Å². The number of anilines is 2. The summed E-state index contributed by atoms with van der Waals surface area (Å²) in [6, 6.07) is 16.5. The van der Waals surface area contributed by atoms with Crippen LogP contribution in [0, 0.1) is 12.7 Å². The van der Waals surface area contributed by atoms with Gasteiger partial charge in [0, 0.05) is 11.6 Å². The maximum atomic E-state index is 13.5. The van der Waals surface area contributed by atoms with Gasteiger partial charge in [0.25, 0.3) is 0 Å². The third-order valence-electron chi connectivity index (χ3n) is 5.22. The molecule has 0 fully saturated rings. The van der Waals surface area contributed by atoms with Crippen molar-refractivity contribution in [3.63, 3.8) is 0 Å². The second-order valence-corrected chi connectivity index (χ2v) is 7.84. The Labute approximate surface area is 184 Å². The first-order valence-electron chi connectivity index (χ1n) is 10.4. The first-order valence-corrected chi connectivity index (χ1v) is 10.4. The average molecular weight is 427 g/mol. The van der Waals surface area contributed by atoms with E-state index < -0.39 is 0 Å². The minimum atomic E-state index is -0.265. The van der Waals surface area contributed by atoms with Crippen LogP contribution in [0.3, 0.4) is 0 Å². The molecular formula is C24H22FN7. The van der Waals surface area contributed by atoms with Crippen molar-refractivity contribution in [1.29, 1.82) is 0 Å². The van der Waals surface area contributed by atoms with Crippen molar-refractivity contribution in [1.82, 2.24) is 29.3 Å². The van der Waals surface area contributed by atoms with Crippen LogP contribution < -0.4 is 5.32 Å². The zero-order valence-corrected chi connectivity index (χ0v) is 18.0. The SMILES string of the molecule is Cc1ncn(-c2ccc(Nc3cccc4c3nc(-c3ccc(F)cc3)n4C(C)C)nc2)n1. The fourth-order valence-electron chi connectivity index (χ4n) is 3.75. The third kappa shape index (κ3) is 3.60. The van der Waals surface area contributed by atoms with Gasteiger partial charge in [-0.05, 0) is 69.3 Å². The van der Waals surface area contributed by atoms with E-state index in [9.17, 15) is 4.39 Å². The van der Waals surface area contributed by atoms with Crippen LogP contribution in [0.4, 0.5) is 15.9 Å². The summed E-state index contributed by atoms with van der Waals surface area (Å²) in [7, 11) is 0. The maximum Gasteiger partial charge on any atom is 0.147 e. The van der Waals surface area contributed by atoms with Crippen LogP contribution in [-0.4, -0.2) is 29.3 Å². The molecule has 2 aromatic carbocycles. The van der Waals surface area contributed by atoms with Gasteiger partial charge in [-0.3, -0.25) is 0 Å². The summed E-state index contributed by atoms with van der Waals surface area (Å²) in [6.45, 7) is 6.07. The first-order chi connectivity index (χ1) is 15.5. The van der Waals surface area contributed by atoms with E-state index in [1.165, 1.54) is 12.1 Å². The Kier molecular flexibility index (Phi) is 4.89. The largest absolute Gasteiger partial charge is 0.338 e. The zero-order chi connectivity index (χ0) is 22.2. The summed E-state index contributed by atoms with van der Waals surface area (Å²) in [5.74, 6) is 1.94. The molecule has 0 saturated carbocycles. The Hall–Kier alpha value is -4.07. The molecule has 160 valence electrons. The molecule has 0 aliphatic rings. The van der Waals surface area contributed by atoms with Crippen molar-refractivity contribution in [3.05, 3.63) is 78.8 Å². The number of fused-ring (bicyclic) bond motifs is 1. The molecular weight excluding hydrogens is 405 g/mol. The molecule has 1 N–H and O–H groups in total. The number of aromatic nitrogens is 6. The van der Waals surface area contributed by atoms with Crippen LogP contribution in [0.1, 0.15) is 25.7 Å². The number of hydrogen-bond acceptors (Lipinski definition) is 5. The summed E-state index contributed by atoms with van der Waals surface area (Å²) in [4.78, 5) is 13.6. The van der Waals surface area contributed by atoms with Crippen molar-refractivity contribution in [2.45, 2.75) is 26.8 Å². The van der Waals surface area contributed by atoms with Gasteiger partial charge in [-0.2, -0.15) is 5.10 Å². The lowest BCUT2D eigenvalue weighted by Crippen LogP contribution is -2.03. The highest BCUT2D eigenvalue weighted by Crippen LogP contribution is 2.33. The molecule has 0 unspecified atom stereocenters. The summed E-state index contributed by atoms with van der Waals surface area (Å²) in [5, 5.41) is 7.69. The van der Waals surface area contributed by atoms with Crippen molar-refractivity contribution in [2.24, 2.45) is 0 Å². The number of para-hydroxylation sites is 1. The Morgan fingerprint density at radius 2 is 1.78 bits per heavy atom. The number of rotatable bonds is 5. The number of pyridine rings is 1. The van der Waals surface area contributed by atoms with Gasteiger partial charge < -0.3 is 9.88 Å². The molecule has 7 nitrogen and oxygen atoms in total. The Bertz CT molecular complexity index is 1380. The molecule has 32 heavy (non-hydrogen) atoms. The lowest BCUT2D eigenvalue weighted by Gasteiger charge is -2.13. The highest BCUT2D eigenvalue weighted by atomic mass is 19.1. The molecule has 0 saturated heterocycles. The van der Waals surface area contributed by atoms with E-state index in [0.29, 0.717) is 11.6 Å². The van der Waals surface area contributed by atoms with Crippen LogP contribution >= 0.6 is 0 Å². The molecule has 0 aliphatic carbocycles. The Balaban J connectivity index is 1.53. The lowest BCUT2D eigenvalue weighted by atomic mass is 10.2. The molecule has 0 radical (unpaired) electrons. The standard InChI is InChI=1S/C24H22FN7/c1-15(2)32-21-6-4-5-20(23(21)29-24(32)17-7-9-18(25)10-8-17)28-22-12-11-19(13-26-22)31-14-27-16(3)30-31/h4-15H,1-3H3,(H,26,28). The van der Waals surface area contributed by atoms with Gasteiger partial charge in [0.2, 0.25) is 0 Å². The molecule has 0 bridgehead atoms. The van der Waals surface area contributed by atoms with E-state index in [0.717, 1.165) is 33.8 Å². The molecule has 5 aromatic rings. The molecule has 0 aliphatic heterocycles. The first kappa shape index (κ1) is 19.9. The normalized spacial score (nSPS) is 11.4. The molecule has 3 heterocycles. The quantitative estimate of drug-likeness (QED) is 0.404.